The zero-order valence-corrected chi connectivity index (χ0v) is 13.0. The van der Waals surface area contributed by atoms with Crippen LogP contribution in [-0.2, 0) is 4.79 Å². The average molecular weight is 306 g/mol. The van der Waals surface area contributed by atoms with Crippen LogP contribution in [-0.4, -0.2) is 42.0 Å². The van der Waals surface area contributed by atoms with Gasteiger partial charge in [-0.2, -0.15) is 0 Å². The smallest absolute Gasteiger partial charge is 0.321 e. The van der Waals surface area contributed by atoms with Crippen LogP contribution in [0.3, 0.4) is 0 Å². The molecular formula is C14H18N4O2S. The Morgan fingerprint density at radius 2 is 2.19 bits per heavy atom. The number of benzene rings is 1. The molecule has 0 aliphatic carbocycles. The summed E-state index contributed by atoms with van der Waals surface area (Å²) < 4.78 is 1.08. The molecule has 0 bridgehead atoms. The minimum atomic E-state index is -0.249. The maximum Gasteiger partial charge on any atom is 0.321 e. The van der Waals surface area contributed by atoms with E-state index in [0.29, 0.717) is 5.69 Å². The largest absolute Gasteiger partial charge is 0.359 e. The number of amides is 3. The summed E-state index contributed by atoms with van der Waals surface area (Å²) in [6, 6.07) is 5.17. The highest BCUT2D eigenvalue weighted by Crippen LogP contribution is 2.21. The lowest BCUT2D eigenvalue weighted by molar-refractivity contribution is -0.121. The van der Waals surface area contributed by atoms with Gasteiger partial charge in [-0.05, 0) is 25.1 Å². The van der Waals surface area contributed by atoms with E-state index in [9.17, 15) is 9.59 Å². The van der Waals surface area contributed by atoms with Gasteiger partial charge in [0.05, 0.1) is 15.7 Å². The van der Waals surface area contributed by atoms with Crippen LogP contribution >= 0.6 is 11.3 Å². The molecule has 0 unspecified atom stereocenters. The van der Waals surface area contributed by atoms with Gasteiger partial charge in [0, 0.05) is 32.2 Å². The molecule has 7 heteroatoms. The molecule has 1 aromatic carbocycles. The number of anilines is 1. The van der Waals surface area contributed by atoms with Crippen LogP contribution in [0.1, 0.15) is 13.3 Å². The fraction of sp³-hybridized carbons (Fsp3) is 0.357. The topological polar surface area (TPSA) is 74.3 Å². The second kappa shape index (κ2) is 6.53. The minimum absolute atomic E-state index is 0.0916. The second-order valence-corrected chi connectivity index (χ2v) is 5.69. The third-order valence-corrected chi connectivity index (χ3v) is 4.13. The quantitative estimate of drug-likeness (QED) is 0.910. The predicted octanol–water partition coefficient (Wildman–Crippen LogP) is 2.28. The lowest BCUT2D eigenvalue weighted by atomic mass is 10.2. The van der Waals surface area contributed by atoms with Gasteiger partial charge in [-0.1, -0.05) is 0 Å². The normalized spacial score (nSPS) is 12.0. The first kappa shape index (κ1) is 15.2. The highest BCUT2D eigenvalue weighted by molar-refractivity contribution is 7.16. The number of nitrogens with one attached hydrogen (secondary N) is 2. The van der Waals surface area contributed by atoms with Crippen molar-refractivity contribution in [1.29, 1.82) is 0 Å². The predicted molar refractivity (Wildman–Crippen MR) is 84.5 cm³/mol. The summed E-state index contributed by atoms with van der Waals surface area (Å²) in [7, 11) is 3.25. The van der Waals surface area contributed by atoms with Gasteiger partial charge in [0.2, 0.25) is 5.91 Å². The van der Waals surface area contributed by atoms with Gasteiger partial charge in [0.15, 0.2) is 0 Å². The number of urea groups is 1. The van der Waals surface area contributed by atoms with E-state index < -0.39 is 0 Å². The van der Waals surface area contributed by atoms with E-state index >= 15 is 0 Å². The Morgan fingerprint density at radius 1 is 1.43 bits per heavy atom. The molecule has 0 fully saturated rings. The molecule has 2 rings (SSSR count). The number of fused-ring (bicyclic) bond motifs is 1. The molecule has 2 N–H and O–H groups in total. The van der Waals surface area contributed by atoms with Gasteiger partial charge in [0.1, 0.15) is 0 Å². The molecule has 0 radical (unpaired) electrons. The van der Waals surface area contributed by atoms with Crippen molar-refractivity contribution >= 4 is 39.2 Å². The zero-order chi connectivity index (χ0) is 15.4. The van der Waals surface area contributed by atoms with Gasteiger partial charge in [-0.25, -0.2) is 9.78 Å². The summed E-state index contributed by atoms with van der Waals surface area (Å²) >= 11 is 1.56. The average Bonchev–Trinajstić information content (AvgIpc) is 2.93. The van der Waals surface area contributed by atoms with Crippen LogP contribution in [0, 0.1) is 0 Å². The number of thiazole rings is 1. The highest BCUT2D eigenvalue weighted by Gasteiger charge is 2.18. The van der Waals surface area contributed by atoms with Crippen molar-refractivity contribution in [3.05, 3.63) is 23.7 Å². The van der Waals surface area contributed by atoms with Crippen LogP contribution < -0.4 is 10.6 Å². The van der Waals surface area contributed by atoms with Crippen LogP contribution in [0.5, 0.6) is 0 Å². The van der Waals surface area contributed by atoms with Crippen LogP contribution in [0.25, 0.3) is 10.2 Å². The van der Waals surface area contributed by atoms with Crippen LogP contribution in [0.4, 0.5) is 10.5 Å². The molecule has 1 atom stereocenters. The molecule has 0 aliphatic heterocycles. The van der Waals surface area contributed by atoms with E-state index in [2.05, 4.69) is 15.6 Å². The van der Waals surface area contributed by atoms with Gasteiger partial charge in [-0.3, -0.25) is 4.79 Å². The number of carbonyl (C=O) groups excluding carboxylic acids is 2. The summed E-state index contributed by atoms with van der Waals surface area (Å²) in [4.78, 5) is 29.2. The molecule has 2 aromatic rings. The lowest BCUT2D eigenvalue weighted by Gasteiger charge is -2.24. The molecule has 1 heterocycles. The highest BCUT2D eigenvalue weighted by atomic mass is 32.1. The van der Waals surface area contributed by atoms with Crippen molar-refractivity contribution in [2.24, 2.45) is 0 Å². The first-order valence-electron chi connectivity index (χ1n) is 6.59. The molecule has 112 valence electrons. The fourth-order valence-electron chi connectivity index (χ4n) is 1.85. The molecule has 6 nitrogen and oxygen atoms in total. The summed E-state index contributed by atoms with van der Waals surface area (Å²) in [6.07, 6.45) is 0.269. The van der Waals surface area contributed by atoms with Crippen molar-refractivity contribution in [1.82, 2.24) is 15.2 Å². The first-order valence-corrected chi connectivity index (χ1v) is 7.47. The zero-order valence-electron chi connectivity index (χ0n) is 12.2. The third kappa shape index (κ3) is 3.69. The van der Waals surface area contributed by atoms with Crippen molar-refractivity contribution < 1.29 is 9.59 Å². The Hall–Kier alpha value is -2.15. The first-order chi connectivity index (χ1) is 10.0. The second-order valence-electron chi connectivity index (χ2n) is 4.80. The molecule has 3 amide bonds. The number of nitrogens with zero attached hydrogens (tertiary/aromatic N) is 2. The number of aromatic nitrogens is 1. The SMILES string of the molecule is CNC(=O)C[C@@H](C)N(C)C(=O)Nc1ccc2scnc2c1. The van der Waals surface area contributed by atoms with Crippen molar-refractivity contribution in [2.45, 2.75) is 19.4 Å². The van der Waals surface area contributed by atoms with Crippen molar-refractivity contribution in [2.75, 3.05) is 19.4 Å². The summed E-state index contributed by atoms with van der Waals surface area (Å²) in [5, 5.41) is 5.37. The Morgan fingerprint density at radius 3 is 2.90 bits per heavy atom. The fourth-order valence-corrected chi connectivity index (χ4v) is 2.51. The third-order valence-electron chi connectivity index (χ3n) is 3.32. The van der Waals surface area contributed by atoms with E-state index in [0.717, 1.165) is 10.2 Å². The van der Waals surface area contributed by atoms with Crippen molar-refractivity contribution in [3.63, 3.8) is 0 Å². The maximum atomic E-state index is 12.2. The molecule has 1 aromatic heterocycles. The lowest BCUT2D eigenvalue weighted by Crippen LogP contribution is -2.40. The summed E-state index contributed by atoms with van der Waals surface area (Å²) in [5.41, 5.74) is 3.32. The molecule has 0 saturated carbocycles. The number of hydrogen-bond acceptors (Lipinski definition) is 4. The molecular weight excluding hydrogens is 288 g/mol. The van der Waals surface area contributed by atoms with E-state index in [1.54, 1.807) is 30.9 Å². The molecule has 21 heavy (non-hydrogen) atoms. The van der Waals surface area contributed by atoms with Gasteiger partial charge in [-0.15, -0.1) is 11.3 Å². The number of hydrogen-bond donors (Lipinski definition) is 2. The number of rotatable bonds is 4. The van der Waals surface area contributed by atoms with E-state index in [1.165, 1.54) is 4.90 Å². The standard InChI is InChI=1S/C14H18N4O2S/c1-9(6-13(19)15-2)18(3)14(20)17-10-4-5-12-11(7-10)16-8-21-12/h4-5,7-9H,6H2,1-3H3,(H,15,19)(H,17,20)/t9-/m1/s1. The summed E-state index contributed by atoms with van der Waals surface area (Å²) in [5.74, 6) is -0.0916. The summed E-state index contributed by atoms with van der Waals surface area (Å²) in [6.45, 7) is 1.83. The van der Waals surface area contributed by atoms with E-state index in [4.69, 9.17) is 0 Å². The Bertz CT molecular complexity index is 655. The van der Waals surface area contributed by atoms with Gasteiger partial charge >= 0.3 is 6.03 Å². The van der Waals surface area contributed by atoms with E-state index in [-0.39, 0.29) is 24.4 Å². The monoisotopic (exact) mass is 306 g/mol. The van der Waals surface area contributed by atoms with Gasteiger partial charge < -0.3 is 15.5 Å². The Labute approximate surface area is 127 Å². The van der Waals surface area contributed by atoms with E-state index in [1.807, 2.05) is 25.1 Å². The van der Waals surface area contributed by atoms with Crippen LogP contribution in [0.2, 0.25) is 0 Å². The molecule has 0 saturated heterocycles. The minimum Gasteiger partial charge on any atom is -0.359 e. The Balaban J connectivity index is 2.00. The molecule has 0 aliphatic rings. The number of carbonyl (C=O) groups is 2. The van der Waals surface area contributed by atoms with Crippen LogP contribution in [0.15, 0.2) is 23.7 Å². The maximum absolute atomic E-state index is 12.2. The van der Waals surface area contributed by atoms with Gasteiger partial charge in [0.25, 0.3) is 0 Å². The Kier molecular flexibility index (Phi) is 4.74. The molecule has 0 spiro atoms. The van der Waals surface area contributed by atoms with Crippen molar-refractivity contribution in [3.8, 4) is 0 Å².